The Morgan fingerprint density at radius 2 is 2.22 bits per heavy atom. The average Bonchev–Trinajstić information content (AvgIpc) is 3.13. The molecule has 118 valence electrons. The van der Waals surface area contributed by atoms with Gasteiger partial charge in [-0.15, -0.1) is 0 Å². The van der Waals surface area contributed by atoms with Gasteiger partial charge in [-0.05, 0) is 6.07 Å². The summed E-state index contributed by atoms with van der Waals surface area (Å²) < 4.78 is 40.8. The van der Waals surface area contributed by atoms with E-state index in [0.717, 1.165) is 6.07 Å². The molecule has 2 aromatic heterocycles. The summed E-state index contributed by atoms with van der Waals surface area (Å²) in [6.45, 7) is 1.83. The number of benzene rings is 1. The monoisotopic (exact) mass is 333 g/mol. The van der Waals surface area contributed by atoms with E-state index in [1.165, 1.54) is 18.5 Å². The molecule has 0 amide bonds. The second-order valence-electron chi connectivity index (χ2n) is 4.84. The van der Waals surface area contributed by atoms with E-state index in [4.69, 9.17) is 5.26 Å². The number of H-pyrrole nitrogens is 2. The largest absolute Gasteiger partial charge is 0.358 e. The molecule has 0 bridgehead atoms. The SMILES string of the molecule is CCc1ncc(S(=O)(=O)Nc2cc(F)cc3c(C#N)c[nH]c23)[nH]1. The van der Waals surface area contributed by atoms with Crippen molar-refractivity contribution in [3.8, 4) is 6.07 Å². The third-order valence-electron chi connectivity index (χ3n) is 3.35. The van der Waals surface area contributed by atoms with Gasteiger partial charge in [0.05, 0.1) is 23.0 Å². The van der Waals surface area contributed by atoms with Gasteiger partial charge in [-0.3, -0.25) is 4.72 Å². The highest BCUT2D eigenvalue weighted by molar-refractivity contribution is 7.92. The first-order chi connectivity index (χ1) is 10.9. The first kappa shape index (κ1) is 15.1. The number of halogens is 1. The molecule has 0 aliphatic carbocycles. The number of fused-ring (bicyclic) bond motifs is 1. The number of aromatic nitrogens is 3. The smallest absolute Gasteiger partial charge is 0.279 e. The Morgan fingerprint density at radius 1 is 1.43 bits per heavy atom. The first-order valence-electron chi connectivity index (χ1n) is 6.72. The Morgan fingerprint density at radius 3 is 2.87 bits per heavy atom. The van der Waals surface area contributed by atoms with Crippen LogP contribution in [0.2, 0.25) is 0 Å². The summed E-state index contributed by atoms with van der Waals surface area (Å²) in [5.74, 6) is -0.119. The number of nitrogens with one attached hydrogen (secondary N) is 3. The summed E-state index contributed by atoms with van der Waals surface area (Å²) in [7, 11) is -3.95. The number of aromatic amines is 2. The fourth-order valence-corrected chi connectivity index (χ4v) is 3.23. The minimum atomic E-state index is -3.95. The number of rotatable bonds is 4. The second-order valence-corrected chi connectivity index (χ2v) is 6.49. The highest BCUT2D eigenvalue weighted by atomic mass is 32.2. The highest BCUT2D eigenvalue weighted by Crippen LogP contribution is 2.28. The quantitative estimate of drug-likeness (QED) is 0.679. The van der Waals surface area contributed by atoms with Crippen molar-refractivity contribution in [3.63, 3.8) is 0 Å². The summed E-state index contributed by atoms with van der Waals surface area (Å²) in [4.78, 5) is 9.41. The maximum atomic E-state index is 13.7. The van der Waals surface area contributed by atoms with Crippen molar-refractivity contribution < 1.29 is 12.8 Å². The molecule has 0 saturated heterocycles. The van der Waals surface area contributed by atoms with Gasteiger partial charge in [0.15, 0.2) is 5.03 Å². The zero-order valence-electron chi connectivity index (χ0n) is 12.0. The normalized spacial score (nSPS) is 11.5. The molecule has 0 radical (unpaired) electrons. The van der Waals surface area contributed by atoms with Crippen molar-refractivity contribution in [1.29, 1.82) is 5.26 Å². The summed E-state index contributed by atoms with van der Waals surface area (Å²) in [5, 5.41) is 9.20. The maximum absolute atomic E-state index is 13.7. The molecule has 2 heterocycles. The van der Waals surface area contributed by atoms with Gasteiger partial charge in [-0.1, -0.05) is 6.92 Å². The molecule has 0 unspecified atom stereocenters. The number of hydrogen-bond donors (Lipinski definition) is 3. The lowest BCUT2D eigenvalue weighted by Gasteiger charge is -2.08. The Balaban J connectivity index is 2.07. The van der Waals surface area contributed by atoms with E-state index in [9.17, 15) is 12.8 Å². The molecule has 0 aliphatic heterocycles. The fraction of sp³-hybridized carbons (Fsp3) is 0.143. The van der Waals surface area contributed by atoms with E-state index in [1.807, 2.05) is 13.0 Å². The van der Waals surface area contributed by atoms with Crippen molar-refractivity contribution in [3.05, 3.63) is 41.7 Å². The molecule has 0 aliphatic rings. The Kier molecular flexibility index (Phi) is 3.54. The lowest BCUT2D eigenvalue weighted by molar-refractivity contribution is 0.598. The lowest BCUT2D eigenvalue weighted by atomic mass is 10.1. The summed E-state index contributed by atoms with van der Waals surface area (Å²) >= 11 is 0. The van der Waals surface area contributed by atoms with Crippen molar-refractivity contribution in [2.75, 3.05) is 4.72 Å². The number of hydrogen-bond acceptors (Lipinski definition) is 4. The van der Waals surface area contributed by atoms with Gasteiger partial charge in [-0.2, -0.15) is 13.7 Å². The van der Waals surface area contributed by atoms with E-state index >= 15 is 0 Å². The van der Waals surface area contributed by atoms with Crippen LogP contribution in [-0.4, -0.2) is 23.4 Å². The van der Waals surface area contributed by atoms with Crippen LogP contribution >= 0.6 is 0 Å². The molecular weight excluding hydrogens is 321 g/mol. The highest BCUT2D eigenvalue weighted by Gasteiger charge is 2.20. The predicted molar refractivity (Wildman–Crippen MR) is 81.7 cm³/mol. The zero-order chi connectivity index (χ0) is 16.6. The van der Waals surface area contributed by atoms with Crippen LogP contribution in [-0.2, 0) is 16.4 Å². The van der Waals surface area contributed by atoms with Gasteiger partial charge in [-0.25, -0.2) is 9.37 Å². The molecule has 3 rings (SSSR count). The molecule has 3 N–H and O–H groups in total. The minimum absolute atomic E-state index is 0.0224. The van der Waals surface area contributed by atoms with Crippen LogP contribution in [0.3, 0.4) is 0 Å². The van der Waals surface area contributed by atoms with E-state index in [0.29, 0.717) is 23.1 Å². The Hall–Kier alpha value is -2.86. The van der Waals surface area contributed by atoms with Crippen LogP contribution in [0.4, 0.5) is 10.1 Å². The van der Waals surface area contributed by atoms with Crippen LogP contribution < -0.4 is 4.72 Å². The Labute approximate surface area is 131 Å². The van der Waals surface area contributed by atoms with Gasteiger partial charge in [0.2, 0.25) is 0 Å². The molecule has 0 fully saturated rings. The van der Waals surface area contributed by atoms with Crippen LogP contribution in [0, 0.1) is 17.1 Å². The lowest BCUT2D eigenvalue weighted by Crippen LogP contribution is -2.14. The fourth-order valence-electron chi connectivity index (χ4n) is 2.23. The summed E-state index contributed by atoms with van der Waals surface area (Å²) in [6.07, 6.45) is 3.16. The van der Waals surface area contributed by atoms with Crippen molar-refractivity contribution in [2.24, 2.45) is 0 Å². The molecule has 0 saturated carbocycles. The van der Waals surface area contributed by atoms with Crippen molar-refractivity contribution >= 4 is 26.6 Å². The van der Waals surface area contributed by atoms with Crippen LogP contribution in [0.25, 0.3) is 10.9 Å². The van der Waals surface area contributed by atoms with E-state index in [-0.39, 0.29) is 16.3 Å². The van der Waals surface area contributed by atoms with Crippen molar-refractivity contribution in [2.45, 2.75) is 18.4 Å². The first-order valence-corrected chi connectivity index (χ1v) is 8.20. The van der Waals surface area contributed by atoms with Gasteiger partial charge >= 0.3 is 0 Å². The topological polar surface area (TPSA) is 114 Å². The van der Waals surface area contributed by atoms with Crippen molar-refractivity contribution in [1.82, 2.24) is 15.0 Å². The van der Waals surface area contributed by atoms with E-state index < -0.39 is 15.8 Å². The minimum Gasteiger partial charge on any atom is -0.358 e. The van der Waals surface area contributed by atoms with Crippen LogP contribution in [0.5, 0.6) is 0 Å². The number of imidazole rings is 1. The van der Waals surface area contributed by atoms with E-state index in [1.54, 1.807) is 0 Å². The molecule has 1 aromatic carbocycles. The Bertz CT molecular complexity index is 1030. The number of anilines is 1. The van der Waals surface area contributed by atoms with Gasteiger partial charge < -0.3 is 9.97 Å². The van der Waals surface area contributed by atoms with Crippen LogP contribution in [0.1, 0.15) is 18.3 Å². The zero-order valence-corrected chi connectivity index (χ0v) is 12.8. The van der Waals surface area contributed by atoms with Gasteiger partial charge in [0.1, 0.15) is 17.7 Å². The molecule has 3 aromatic rings. The molecule has 9 heteroatoms. The van der Waals surface area contributed by atoms with Gasteiger partial charge in [0.25, 0.3) is 10.0 Å². The third kappa shape index (κ3) is 2.64. The van der Waals surface area contributed by atoms with Crippen LogP contribution in [0.15, 0.2) is 29.6 Å². The number of nitrogens with zero attached hydrogens (tertiary/aromatic N) is 2. The van der Waals surface area contributed by atoms with E-state index in [2.05, 4.69) is 19.7 Å². The molecule has 23 heavy (non-hydrogen) atoms. The maximum Gasteiger partial charge on any atom is 0.279 e. The molecular formula is C14H12FN5O2S. The molecule has 0 atom stereocenters. The third-order valence-corrected chi connectivity index (χ3v) is 4.62. The number of nitriles is 1. The predicted octanol–water partition coefficient (Wildman–Crippen LogP) is 2.26. The second kappa shape index (κ2) is 5.40. The molecule has 0 spiro atoms. The molecule has 7 nitrogen and oxygen atoms in total. The number of sulfonamides is 1. The average molecular weight is 333 g/mol. The number of aryl methyl sites for hydroxylation is 1. The summed E-state index contributed by atoms with van der Waals surface area (Å²) in [5.41, 5.74) is 0.589. The summed E-state index contributed by atoms with van der Waals surface area (Å²) in [6, 6.07) is 4.14. The van der Waals surface area contributed by atoms with Gasteiger partial charge in [0, 0.05) is 24.1 Å². The standard InChI is InChI=1S/C14H12FN5O2S/c1-2-12-17-7-13(19-12)23(21,22)20-11-4-9(15)3-10-8(5-16)6-18-14(10)11/h3-4,6-7,18,20H,2H2,1H3,(H,17,19).